The molecule has 0 spiro atoms. The molecule has 0 aromatic carbocycles. The zero-order valence-electron chi connectivity index (χ0n) is 13.5. The Hall–Kier alpha value is -1.51. The second-order valence-electron chi connectivity index (χ2n) is 5.70. The molecule has 1 saturated heterocycles. The maximum atomic E-state index is 12.1. The number of nitrogens with zero attached hydrogens (tertiary/aromatic N) is 4. The molecule has 126 valence electrons. The summed E-state index contributed by atoms with van der Waals surface area (Å²) in [5.41, 5.74) is 1.67. The normalized spacial score (nSPS) is 19.7. The minimum absolute atomic E-state index is 0.0994. The summed E-state index contributed by atoms with van der Waals surface area (Å²) in [7, 11) is -1.48. The summed E-state index contributed by atoms with van der Waals surface area (Å²) in [6.45, 7) is 3.96. The Balaban J connectivity index is 1.93. The number of methoxy groups -OCH3 is 1. The van der Waals surface area contributed by atoms with Gasteiger partial charge in [0.05, 0.1) is 12.4 Å². The minimum Gasteiger partial charge on any atom is -0.383 e. The SMILES string of the molecule is CCS(=O)(=O)N1CC[C@H](c2nc3cccnc3n2CCOC)C1. The van der Waals surface area contributed by atoms with Gasteiger partial charge in [-0.05, 0) is 25.5 Å². The van der Waals surface area contributed by atoms with Gasteiger partial charge in [0, 0.05) is 38.9 Å². The van der Waals surface area contributed by atoms with Crippen molar-refractivity contribution in [2.24, 2.45) is 0 Å². The van der Waals surface area contributed by atoms with E-state index in [0.29, 0.717) is 26.2 Å². The second kappa shape index (κ2) is 6.54. The van der Waals surface area contributed by atoms with Gasteiger partial charge in [0.2, 0.25) is 10.0 Å². The molecule has 2 aromatic heterocycles. The zero-order valence-corrected chi connectivity index (χ0v) is 14.3. The fourth-order valence-corrected chi connectivity index (χ4v) is 4.22. The Kier molecular flexibility index (Phi) is 4.65. The highest BCUT2D eigenvalue weighted by Crippen LogP contribution is 2.30. The minimum atomic E-state index is -3.14. The van der Waals surface area contributed by atoms with Crippen LogP contribution in [0.5, 0.6) is 0 Å². The third-order valence-electron chi connectivity index (χ3n) is 4.33. The molecule has 8 heteroatoms. The highest BCUT2D eigenvalue weighted by atomic mass is 32.2. The first-order valence-corrected chi connectivity index (χ1v) is 9.45. The quantitative estimate of drug-likeness (QED) is 0.791. The van der Waals surface area contributed by atoms with Crippen LogP contribution < -0.4 is 0 Å². The van der Waals surface area contributed by atoms with E-state index in [0.717, 1.165) is 23.4 Å². The van der Waals surface area contributed by atoms with E-state index in [1.807, 2.05) is 12.1 Å². The molecule has 1 fully saturated rings. The molecule has 0 aliphatic carbocycles. The number of hydrogen-bond donors (Lipinski definition) is 0. The summed E-state index contributed by atoms with van der Waals surface area (Å²) in [6.07, 6.45) is 2.54. The highest BCUT2D eigenvalue weighted by Gasteiger charge is 2.33. The molecule has 1 atom stereocenters. The molecule has 0 amide bonds. The van der Waals surface area contributed by atoms with E-state index in [1.54, 1.807) is 24.5 Å². The van der Waals surface area contributed by atoms with Crippen molar-refractivity contribution >= 4 is 21.2 Å². The standard InChI is InChI=1S/C15H22N4O3S/c1-3-23(20,21)18-8-6-12(11-18)14-17-13-5-4-7-16-15(13)19(14)9-10-22-2/h4-5,7,12H,3,6,8-11H2,1-2H3/t12-/m0/s1. The average molecular weight is 338 g/mol. The smallest absolute Gasteiger partial charge is 0.213 e. The largest absolute Gasteiger partial charge is 0.383 e. The Morgan fingerprint density at radius 3 is 3.00 bits per heavy atom. The first-order chi connectivity index (χ1) is 11.1. The number of imidazole rings is 1. The summed E-state index contributed by atoms with van der Waals surface area (Å²) in [5, 5.41) is 0. The second-order valence-corrected chi connectivity index (χ2v) is 7.96. The van der Waals surface area contributed by atoms with E-state index in [1.165, 1.54) is 0 Å². The number of fused-ring (bicyclic) bond motifs is 1. The lowest BCUT2D eigenvalue weighted by molar-refractivity contribution is 0.187. The number of rotatable bonds is 6. The van der Waals surface area contributed by atoms with E-state index in [-0.39, 0.29) is 11.7 Å². The fraction of sp³-hybridized carbons (Fsp3) is 0.600. The average Bonchev–Trinajstić information content (AvgIpc) is 3.18. The molecule has 2 aromatic rings. The highest BCUT2D eigenvalue weighted by molar-refractivity contribution is 7.89. The van der Waals surface area contributed by atoms with E-state index in [2.05, 4.69) is 9.55 Å². The Morgan fingerprint density at radius 2 is 2.26 bits per heavy atom. The monoisotopic (exact) mass is 338 g/mol. The van der Waals surface area contributed by atoms with Gasteiger partial charge in [-0.2, -0.15) is 0 Å². The van der Waals surface area contributed by atoms with Gasteiger partial charge < -0.3 is 9.30 Å². The number of pyridine rings is 1. The molecule has 0 saturated carbocycles. The number of hydrogen-bond acceptors (Lipinski definition) is 5. The van der Waals surface area contributed by atoms with Crippen LogP contribution in [0.1, 0.15) is 25.1 Å². The predicted molar refractivity (Wildman–Crippen MR) is 87.8 cm³/mol. The van der Waals surface area contributed by atoms with E-state index in [4.69, 9.17) is 9.72 Å². The van der Waals surface area contributed by atoms with Crippen molar-refractivity contribution in [2.75, 3.05) is 32.6 Å². The Bertz CT molecular complexity index is 787. The van der Waals surface area contributed by atoms with Crippen LogP contribution in [-0.2, 0) is 21.3 Å². The van der Waals surface area contributed by atoms with Gasteiger partial charge in [-0.15, -0.1) is 0 Å². The lowest BCUT2D eigenvalue weighted by Gasteiger charge is -2.16. The molecule has 0 bridgehead atoms. The molecule has 7 nitrogen and oxygen atoms in total. The van der Waals surface area contributed by atoms with Crippen LogP contribution in [0.2, 0.25) is 0 Å². The van der Waals surface area contributed by atoms with Crippen LogP contribution in [0.4, 0.5) is 0 Å². The molecule has 3 rings (SSSR count). The summed E-state index contributed by atoms with van der Waals surface area (Å²) in [6, 6.07) is 3.80. The maximum absolute atomic E-state index is 12.1. The van der Waals surface area contributed by atoms with Crippen LogP contribution in [0.25, 0.3) is 11.2 Å². The molecule has 1 aliphatic rings. The van der Waals surface area contributed by atoms with Crippen LogP contribution in [-0.4, -0.2) is 59.8 Å². The third-order valence-corrected chi connectivity index (χ3v) is 6.17. The Morgan fingerprint density at radius 1 is 1.43 bits per heavy atom. The molecule has 3 heterocycles. The molecule has 1 aliphatic heterocycles. The van der Waals surface area contributed by atoms with Crippen molar-refractivity contribution in [1.29, 1.82) is 0 Å². The first kappa shape index (κ1) is 16.4. The zero-order chi connectivity index (χ0) is 16.4. The fourth-order valence-electron chi connectivity index (χ4n) is 3.06. The Labute approximate surface area is 136 Å². The topological polar surface area (TPSA) is 77.3 Å². The third kappa shape index (κ3) is 3.11. The molecular formula is C15H22N4O3S. The maximum Gasteiger partial charge on any atom is 0.213 e. The lowest BCUT2D eigenvalue weighted by atomic mass is 10.1. The predicted octanol–water partition coefficient (Wildman–Crippen LogP) is 1.22. The van der Waals surface area contributed by atoms with Crippen molar-refractivity contribution in [3.05, 3.63) is 24.2 Å². The van der Waals surface area contributed by atoms with Gasteiger partial charge >= 0.3 is 0 Å². The van der Waals surface area contributed by atoms with Crippen molar-refractivity contribution < 1.29 is 13.2 Å². The molecular weight excluding hydrogens is 316 g/mol. The van der Waals surface area contributed by atoms with Gasteiger partial charge in [0.15, 0.2) is 5.65 Å². The number of aromatic nitrogens is 3. The van der Waals surface area contributed by atoms with E-state index < -0.39 is 10.0 Å². The first-order valence-electron chi connectivity index (χ1n) is 7.84. The van der Waals surface area contributed by atoms with Gasteiger partial charge in [0.25, 0.3) is 0 Å². The van der Waals surface area contributed by atoms with Gasteiger partial charge in [-0.1, -0.05) is 0 Å². The molecule has 0 radical (unpaired) electrons. The summed E-state index contributed by atoms with van der Waals surface area (Å²) < 4.78 is 33.0. The lowest BCUT2D eigenvalue weighted by Crippen LogP contribution is -2.30. The summed E-state index contributed by atoms with van der Waals surface area (Å²) in [4.78, 5) is 9.14. The van der Waals surface area contributed by atoms with Gasteiger partial charge in [0.1, 0.15) is 11.3 Å². The molecule has 0 unspecified atom stereocenters. The van der Waals surface area contributed by atoms with Gasteiger partial charge in [-0.25, -0.2) is 22.7 Å². The van der Waals surface area contributed by atoms with Gasteiger partial charge in [-0.3, -0.25) is 0 Å². The van der Waals surface area contributed by atoms with Crippen molar-refractivity contribution in [1.82, 2.24) is 18.8 Å². The number of sulfonamides is 1. The van der Waals surface area contributed by atoms with E-state index >= 15 is 0 Å². The molecule has 23 heavy (non-hydrogen) atoms. The van der Waals surface area contributed by atoms with Crippen LogP contribution >= 0.6 is 0 Å². The van der Waals surface area contributed by atoms with E-state index in [9.17, 15) is 8.42 Å². The van der Waals surface area contributed by atoms with Crippen molar-refractivity contribution in [3.63, 3.8) is 0 Å². The summed E-state index contributed by atoms with van der Waals surface area (Å²) >= 11 is 0. The molecule has 0 N–H and O–H groups in total. The number of ether oxygens (including phenoxy) is 1. The summed E-state index contributed by atoms with van der Waals surface area (Å²) in [5.74, 6) is 1.15. The van der Waals surface area contributed by atoms with Crippen LogP contribution in [0, 0.1) is 0 Å². The van der Waals surface area contributed by atoms with Crippen LogP contribution in [0.3, 0.4) is 0 Å². The van der Waals surface area contributed by atoms with Crippen LogP contribution in [0.15, 0.2) is 18.3 Å². The van der Waals surface area contributed by atoms with Crippen molar-refractivity contribution in [2.45, 2.75) is 25.8 Å². The van der Waals surface area contributed by atoms with Crippen molar-refractivity contribution in [3.8, 4) is 0 Å².